The molecule has 228 valence electrons. The number of fused-ring (bicyclic) bond motifs is 7. The van der Waals surface area contributed by atoms with Crippen LogP contribution in [0.2, 0.25) is 0 Å². The van der Waals surface area contributed by atoms with Crippen LogP contribution >= 0.6 is 0 Å². The van der Waals surface area contributed by atoms with E-state index in [0.29, 0.717) is 5.56 Å². The Hall–Kier alpha value is -6.44. The van der Waals surface area contributed by atoms with E-state index < -0.39 is 36.3 Å². The monoisotopic (exact) mass is 631 g/mol. The highest BCUT2D eigenvalue weighted by Gasteiger charge is 2.19. The van der Waals surface area contributed by atoms with Crippen molar-refractivity contribution in [3.05, 3.63) is 182 Å². The van der Waals surface area contributed by atoms with Crippen LogP contribution < -0.4 is 0 Å². The van der Waals surface area contributed by atoms with E-state index in [-0.39, 0.29) is 56.4 Å². The van der Waals surface area contributed by atoms with Crippen molar-refractivity contribution in [3.63, 3.8) is 0 Å². The van der Waals surface area contributed by atoms with Gasteiger partial charge in [0.05, 0.1) is 12.3 Å². The van der Waals surface area contributed by atoms with Gasteiger partial charge in [0.1, 0.15) is 11.2 Å². The zero-order valence-corrected chi connectivity index (χ0v) is 26.0. The van der Waals surface area contributed by atoms with Crippen molar-refractivity contribution < 1.29 is 16.8 Å². The molecule has 9 aromatic carbocycles. The first-order valence-electron chi connectivity index (χ1n) is 20.6. The van der Waals surface area contributed by atoms with E-state index in [1.165, 1.54) is 0 Å². The number of benzene rings is 9. The molecule has 0 aliphatic carbocycles. The van der Waals surface area contributed by atoms with Crippen LogP contribution in [0, 0.1) is 0 Å². The Morgan fingerprint density at radius 1 is 0.367 bits per heavy atom. The largest absolute Gasteiger partial charge is 0.455 e. The highest BCUT2D eigenvalue weighted by Crippen LogP contribution is 2.46. The van der Waals surface area contributed by atoms with Crippen molar-refractivity contribution >= 4 is 54.3 Å². The SMILES string of the molecule is [2H]c1c([2H])c([2H])c2c(c1[2H])c([2H])c([2H])c1c2oc2c([2H])c(-c3c4ccccc4c(-c4cc(-c5ccccc5)cc(-c5ccccc5)c4)c4ccccc34)c([2H])c([2H])c21. The van der Waals surface area contributed by atoms with Crippen LogP contribution in [-0.4, -0.2) is 0 Å². The molecule has 0 saturated heterocycles. The summed E-state index contributed by atoms with van der Waals surface area (Å²) in [5, 5.41) is 2.95. The van der Waals surface area contributed by atoms with Gasteiger partial charge in [-0.05, 0) is 108 Å². The molecule has 0 spiro atoms. The molecule has 0 aliphatic rings. The summed E-state index contributed by atoms with van der Waals surface area (Å²) in [4.78, 5) is 0. The number of hydrogen-bond acceptors (Lipinski definition) is 1. The zero-order chi connectivity index (χ0) is 40.1. The van der Waals surface area contributed by atoms with Gasteiger partial charge < -0.3 is 4.42 Å². The maximum absolute atomic E-state index is 9.71. The van der Waals surface area contributed by atoms with Crippen LogP contribution in [0.1, 0.15) is 12.3 Å². The van der Waals surface area contributed by atoms with Gasteiger partial charge in [-0.1, -0.05) is 145 Å². The summed E-state index contributed by atoms with van der Waals surface area (Å²) in [7, 11) is 0. The Morgan fingerprint density at radius 3 is 1.49 bits per heavy atom. The van der Waals surface area contributed by atoms with Crippen LogP contribution in [0.4, 0.5) is 0 Å². The fraction of sp³-hybridized carbons (Fsp3) is 0. The maximum atomic E-state index is 9.71. The summed E-state index contributed by atoms with van der Waals surface area (Å²) in [6.07, 6.45) is 0. The molecule has 10 aromatic rings. The topological polar surface area (TPSA) is 13.1 Å². The minimum Gasteiger partial charge on any atom is -0.455 e. The summed E-state index contributed by atoms with van der Waals surface area (Å²) in [6, 6.07) is 39.2. The lowest BCUT2D eigenvalue weighted by atomic mass is 9.84. The smallest absolute Gasteiger partial charge is 0.143 e. The van der Waals surface area contributed by atoms with E-state index in [0.717, 1.165) is 54.9 Å². The van der Waals surface area contributed by atoms with Crippen molar-refractivity contribution in [3.8, 4) is 44.5 Å². The Balaban J connectivity index is 1.32. The molecule has 49 heavy (non-hydrogen) atoms. The Bertz CT molecular complexity index is 3260. The van der Waals surface area contributed by atoms with Gasteiger partial charge in [-0.3, -0.25) is 0 Å². The number of rotatable bonds is 4. The normalized spacial score (nSPS) is 14.2. The summed E-state index contributed by atoms with van der Waals surface area (Å²) in [6.45, 7) is 0. The van der Waals surface area contributed by atoms with Crippen LogP contribution in [0.5, 0.6) is 0 Å². The maximum Gasteiger partial charge on any atom is 0.143 e. The molecule has 0 aliphatic heterocycles. The number of furan rings is 1. The summed E-state index contributed by atoms with van der Waals surface area (Å²) < 4.78 is 86.6. The molecule has 0 fully saturated rings. The fourth-order valence-corrected chi connectivity index (χ4v) is 7.11. The molecule has 1 nitrogen and oxygen atoms in total. The summed E-state index contributed by atoms with van der Waals surface area (Å²) in [5.74, 6) is 0. The van der Waals surface area contributed by atoms with Gasteiger partial charge in [-0.2, -0.15) is 0 Å². The van der Waals surface area contributed by atoms with E-state index in [9.17, 15) is 4.11 Å². The molecule has 0 amide bonds. The number of hydrogen-bond donors (Lipinski definition) is 0. The van der Waals surface area contributed by atoms with Crippen LogP contribution in [-0.2, 0) is 0 Å². The van der Waals surface area contributed by atoms with E-state index in [1.54, 1.807) is 0 Å². The molecule has 0 radical (unpaired) electrons. The predicted octanol–water partition coefficient (Wildman–Crippen LogP) is 13.7. The lowest BCUT2D eigenvalue weighted by molar-refractivity contribution is 0.673. The third-order valence-electron chi connectivity index (χ3n) is 9.30. The zero-order valence-electron chi connectivity index (χ0n) is 35.0. The summed E-state index contributed by atoms with van der Waals surface area (Å²) in [5.41, 5.74) is 6.71. The van der Waals surface area contributed by atoms with Crippen LogP contribution in [0.25, 0.3) is 98.8 Å². The molecule has 0 N–H and O–H groups in total. The molecule has 1 heterocycles. The molecule has 1 heteroatoms. The van der Waals surface area contributed by atoms with Crippen molar-refractivity contribution in [1.82, 2.24) is 0 Å². The second-order valence-electron chi connectivity index (χ2n) is 12.1. The minimum absolute atomic E-state index is 0.0158. The Labute approximate surface area is 297 Å². The Kier molecular flexibility index (Phi) is 4.53. The summed E-state index contributed by atoms with van der Waals surface area (Å²) >= 11 is 0. The lowest BCUT2D eigenvalue weighted by Gasteiger charge is -2.19. The van der Waals surface area contributed by atoms with Crippen LogP contribution in [0.3, 0.4) is 0 Å². The van der Waals surface area contributed by atoms with Gasteiger partial charge in [0.25, 0.3) is 0 Å². The van der Waals surface area contributed by atoms with Crippen molar-refractivity contribution in [2.24, 2.45) is 0 Å². The molecule has 0 unspecified atom stereocenters. The third kappa shape index (κ3) is 4.47. The van der Waals surface area contributed by atoms with Gasteiger partial charge >= 0.3 is 0 Å². The average Bonchev–Trinajstić information content (AvgIpc) is 3.67. The molecule has 0 saturated carbocycles. The first kappa shape index (κ1) is 20.0. The van der Waals surface area contributed by atoms with Gasteiger partial charge in [0.2, 0.25) is 0 Å². The van der Waals surface area contributed by atoms with Crippen LogP contribution in [0.15, 0.2) is 186 Å². The van der Waals surface area contributed by atoms with Gasteiger partial charge in [0, 0.05) is 16.2 Å². The van der Waals surface area contributed by atoms with Crippen molar-refractivity contribution in [1.29, 1.82) is 0 Å². The van der Waals surface area contributed by atoms with E-state index in [1.807, 2.05) is 84.9 Å². The lowest BCUT2D eigenvalue weighted by Crippen LogP contribution is -1.92. The van der Waals surface area contributed by atoms with Crippen molar-refractivity contribution in [2.75, 3.05) is 0 Å². The van der Waals surface area contributed by atoms with E-state index >= 15 is 0 Å². The molecule has 10 rings (SSSR count). The van der Waals surface area contributed by atoms with Gasteiger partial charge in [-0.25, -0.2) is 0 Å². The highest BCUT2D eigenvalue weighted by molar-refractivity contribution is 6.22. The standard InChI is InChI=1S/C48H30O/c1-3-13-31(14-4-1)35-27-36(32-15-5-2-6-16-32)29-37(28-35)47-42-21-11-9-19-40(42)46(41-20-10-12-22-43(41)47)34-24-25-39-44-26-23-33-17-7-8-18-38(33)48(44)49-45(39)30-34/h1-30H/i7D,8D,17D,18D,23D,24D,25D,26D,30D. The van der Waals surface area contributed by atoms with E-state index in [4.69, 9.17) is 12.6 Å². The molecule has 0 bridgehead atoms. The quantitative estimate of drug-likeness (QED) is 0.176. The molecular weight excluding hydrogens is 593 g/mol. The first-order valence-corrected chi connectivity index (χ1v) is 16.1. The molecule has 0 atom stereocenters. The predicted molar refractivity (Wildman–Crippen MR) is 208 cm³/mol. The second kappa shape index (κ2) is 11.1. The third-order valence-corrected chi connectivity index (χ3v) is 9.30. The van der Waals surface area contributed by atoms with Crippen molar-refractivity contribution in [2.45, 2.75) is 0 Å². The average molecular weight is 632 g/mol. The van der Waals surface area contributed by atoms with Gasteiger partial charge in [-0.15, -0.1) is 0 Å². The Morgan fingerprint density at radius 2 is 0.878 bits per heavy atom. The fourth-order valence-electron chi connectivity index (χ4n) is 7.11. The van der Waals surface area contributed by atoms with E-state index in [2.05, 4.69) is 42.5 Å². The van der Waals surface area contributed by atoms with Gasteiger partial charge in [0.15, 0.2) is 0 Å². The minimum atomic E-state index is -0.538. The second-order valence-corrected chi connectivity index (χ2v) is 12.1. The molecular formula is C48H30O. The molecule has 1 aromatic heterocycles. The first-order chi connectivity index (χ1) is 28.1. The highest BCUT2D eigenvalue weighted by atomic mass is 16.3.